The summed E-state index contributed by atoms with van der Waals surface area (Å²) < 4.78 is 0. The van der Waals surface area contributed by atoms with Crippen molar-refractivity contribution < 1.29 is 4.79 Å². The zero-order valence-electron chi connectivity index (χ0n) is 12.6. The average molecular weight is 273 g/mol. The Morgan fingerprint density at radius 2 is 1.90 bits per heavy atom. The Labute approximate surface area is 123 Å². The van der Waals surface area contributed by atoms with E-state index in [-0.39, 0.29) is 5.91 Å². The Bertz CT molecular complexity index is 395. The van der Waals surface area contributed by atoms with E-state index < -0.39 is 0 Å². The van der Waals surface area contributed by atoms with E-state index in [1.165, 1.54) is 37.7 Å². The first-order valence-electron chi connectivity index (χ1n) is 8.07. The summed E-state index contributed by atoms with van der Waals surface area (Å²) in [4.78, 5) is 12.0. The predicted octanol–water partition coefficient (Wildman–Crippen LogP) is 4.09. The van der Waals surface area contributed by atoms with Crippen LogP contribution in [0.2, 0.25) is 0 Å². The van der Waals surface area contributed by atoms with Crippen molar-refractivity contribution in [1.82, 2.24) is 5.32 Å². The molecule has 1 saturated carbocycles. The van der Waals surface area contributed by atoms with Crippen LogP contribution in [-0.2, 0) is 11.2 Å². The minimum absolute atomic E-state index is 0.248. The lowest BCUT2D eigenvalue weighted by atomic mass is 9.94. The third kappa shape index (κ3) is 5.36. The second kappa shape index (κ2) is 8.08. The van der Waals surface area contributed by atoms with Gasteiger partial charge in [-0.2, -0.15) is 0 Å². The molecule has 0 spiro atoms. The van der Waals surface area contributed by atoms with Crippen LogP contribution in [0.4, 0.5) is 0 Å². The fraction of sp³-hybridized carbons (Fsp3) is 0.611. The van der Waals surface area contributed by atoms with Gasteiger partial charge in [-0.25, -0.2) is 0 Å². The Balaban J connectivity index is 1.65. The van der Waals surface area contributed by atoms with Gasteiger partial charge in [0.15, 0.2) is 0 Å². The summed E-state index contributed by atoms with van der Waals surface area (Å²) in [6, 6.07) is 11.0. The van der Waals surface area contributed by atoms with Gasteiger partial charge in [-0.3, -0.25) is 4.79 Å². The van der Waals surface area contributed by atoms with E-state index >= 15 is 0 Å². The predicted molar refractivity (Wildman–Crippen MR) is 83.6 cm³/mol. The summed E-state index contributed by atoms with van der Waals surface area (Å²) in [5.41, 5.74) is 1.37. The lowest BCUT2D eigenvalue weighted by molar-refractivity contribution is -0.122. The second-order valence-electron chi connectivity index (χ2n) is 6.24. The maximum Gasteiger partial charge on any atom is 0.220 e. The number of nitrogens with one attached hydrogen (secondary N) is 1. The van der Waals surface area contributed by atoms with Gasteiger partial charge in [-0.1, -0.05) is 56.5 Å². The van der Waals surface area contributed by atoms with Crippen LogP contribution in [0.25, 0.3) is 0 Å². The van der Waals surface area contributed by atoms with Crippen LogP contribution in [0, 0.1) is 5.92 Å². The molecule has 110 valence electrons. The third-order valence-electron chi connectivity index (χ3n) is 4.27. The van der Waals surface area contributed by atoms with Crippen molar-refractivity contribution in [2.75, 3.05) is 0 Å². The smallest absolute Gasteiger partial charge is 0.220 e. The Kier molecular flexibility index (Phi) is 6.10. The number of amides is 1. The first kappa shape index (κ1) is 15.1. The zero-order valence-corrected chi connectivity index (χ0v) is 12.6. The van der Waals surface area contributed by atoms with Crippen LogP contribution in [0.15, 0.2) is 30.3 Å². The minimum Gasteiger partial charge on any atom is -0.353 e. The Morgan fingerprint density at radius 1 is 1.20 bits per heavy atom. The summed E-state index contributed by atoms with van der Waals surface area (Å²) in [5, 5.41) is 3.21. The molecule has 0 aliphatic heterocycles. The van der Waals surface area contributed by atoms with Crippen LogP contribution in [0.5, 0.6) is 0 Å². The fourth-order valence-electron chi connectivity index (χ4n) is 3.01. The molecule has 2 rings (SSSR count). The van der Waals surface area contributed by atoms with Crippen LogP contribution < -0.4 is 5.32 Å². The topological polar surface area (TPSA) is 29.1 Å². The van der Waals surface area contributed by atoms with E-state index in [2.05, 4.69) is 36.5 Å². The van der Waals surface area contributed by atoms with Gasteiger partial charge in [0.2, 0.25) is 5.91 Å². The van der Waals surface area contributed by atoms with Gasteiger partial charge in [-0.15, -0.1) is 0 Å². The van der Waals surface area contributed by atoms with Crippen molar-refractivity contribution in [3.8, 4) is 0 Å². The molecule has 1 N–H and O–H groups in total. The molecule has 1 aromatic rings. The summed E-state index contributed by atoms with van der Waals surface area (Å²) in [5.74, 6) is 0.705. The highest BCUT2D eigenvalue weighted by atomic mass is 16.1. The second-order valence-corrected chi connectivity index (χ2v) is 6.24. The van der Waals surface area contributed by atoms with Gasteiger partial charge in [0.05, 0.1) is 0 Å². The molecule has 1 aliphatic carbocycles. The van der Waals surface area contributed by atoms with E-state index in [9.17, 15) is 4.79 Å². The molecule has 0 unspecified atom stereocenters. The van der Waals surface area contributed by atoms with E-state index in [0.29, 0.717) is 18.4 Å². The molecule has 1 fully saturated rings. The standard InChI is InChI=1S/C18H27NO/c1-15(12-13-16-8-4-2-5-9-16)14-18(20)19-17-10-6-3-7-11-17/h2,4-5,8-9,15,17H,3,6-7,10-14H2,1H3,(H,19,20)/t15-/m1/s1. The fourth-order valence-corrected chi connectivity index (χ4v) is 3.01. The highest BCUT2D eigenvalue weighted by Gasteiger charge is 2.17. The van der Waals surface area contributed by atoms with Crippen molar-refractivity contribution in [3.63, 3.8) is 0 Å². The third-order valence-corrected chi connectivity index (χ3v) is 4.27. The van der Waals surface area contributed by atoms with Gasteiger partial charge in [0, 0.05) is 12.5 Å². The molecule has 2 heteroatoms. The maximum atomic E-state index is 12.0. The van der Waals surface area contributed by atoms with Crippen molar-refractivity contribution in [3.05, 3.63) is 35.9 Å². The quantitative estimate of drug-likeness (QED) is 0.831. The SMILES string of the molecule is C[C@H](CCc1ccccc1)CC(=O)NC1CCCCC1. The summed E-state index contributed by atoms with van der Waals surface area (Å²) in [6.45, 7) is 2.18. The average Bonchev–Trinajstić information content (AvgIpc) is 2.47. The first-order chi connectivity index (χ1) is 9.74. The normalized spacial score (nSPS) is 17.6. The highest BCUT2D eigenvalue weighted by Crippen LogP contribution is 2.18. The summed E-state index contributed by atoms with van der Waals surface area (Å²) >= 11 is 0. The number of hydrogen-bond acceptors (Lipinski definition) is 1. The van der Waals surface area contributed by atoms with E-state index in [0.717, 1.165) is 12.8 Å². The van der Waals surface area contributed by atoms with Crippen molar-refractivity contribution >= 4 is 5.91 Å². The van der Waals surface area contributed by atoms with Gasteiger partial charge in [-0.05, 0) is 37.2 Å². The van der Waals surface area contributed by atoms with Crippen LogP contribution in [0.3, 0.4) is 0 Å². The molecule has 0 heterocycles. The number of hydrogen-bond donors (Lipinski definition) is 1. The molecule has 2 nitrogen and oxygen atoms in total. The number of rotatable bonds is 6. The molecule has 20 heavy (non-hydrogen) atoms. The molecule has 1 aromatic carbocycles. The van der Waals surface area contributed by atoms with Crippen LogP contribution in [-0.4, -0.2) is 11.9 Å². The van der Waals surface area contributed by atoms with Crippen molar-refractivity contribution in [2.45, 2.75) is 64.3 Å². The molecule has 0 aromatic heterocycles. The van der Waals surface area contributed by atoms with Crippen LogP contribution >= 0.6 is 0 Å². The first-order valence-corrected chi connectivity index (χ1v) is 8.07. The molecular formula is C18H27NO. The molecule has 0 bridgehead atoms. The molecule has 1 amide bonds. The number of carbonyl (C=O) groups is 1. The van der Waals surface area contributed by atoms with Gasteiger partial charge >= 0.3 is 0 Å². The maximum absolute atomic E-state index is 12.0. The molecular weight excluding hydrogens is 246 g/mol. The Hall–Kier alpha value is -1.31. The lowest BCUT2D eigenvalue weighted by Gasteiger charge is -2.23. The molecule has 1 atom stereocenters. The molecule has 1 aliphatic rings. The van der Waals surface area contributed by atoms with Gasteiger partial charge in [0.1, 0.15) is 0 Å². The minimum atomic E-state index is 0.248. The molecule has 0 saturated heterocycles. The van der Waals surface area contributed by atoms with Crippen LogP contribution in [0.1, 0.15) is 57.4 Å². The number of benzene rings is 1. The lowest BCUT2D eigenvalue weighted by Crippen LogP contribution is -2.36. The summed E-state index contributed by atoms with van der Waals surface area (Å²) in [6.07, 6.45) is 9.04. The van der Waals surface area contributed by atoms with Gasteiger partial charge < -0.3 is 5.32 Å². The van der Waals surface area contributed by atoms with Gasteiger partial charge in [0.25, 0.3) is 0 Å². The highest BCUT2D eigenvalue weighted by molar-refractivity contribution is 5.76. The van der Waals surface area contributed by atoms with E-state index in [1.54, 1.807) is 0 Å². The monoisotopic (exact) mass is 273 g/mol. The van der Waals surface area contributed by atoms with Crippen molar-refractivity contribution in [1.29, 1.82) is 0 Å². The number of aryl methyl sites for hydroxylation is 1. The molecule has 0 radical (unpaired) electrons. The zero-order chi connectivity index (χ0) is 14.2. The van der Waals surface area contributed by atoms with Crippen molar-refractivity contribution in [2.24, 2.45) is 5.92 Å². The Morgan fingerprint density at radius 3 is 2.60 bits per heavy atom. The van der Waals surface area contributed by atoms with E-state index in [1.807, 2.05) is 6.07 Å². The summed E-state index contributed by atoms with van der Waals surface area (Å²) in [7, 11) is 0. The largest absolute Gasteiger partial charge is 0.353 e. The van der Waals surface area contributed by atoms with E-state index in [4.69, 9.17) is 0 Å². The number of carbonyl (C=O) groups excluding carboxylic acids is 1.